The predicted octanol–water partition coefficient (Wildman–Crippen LogP) is 2.84. The van der Waals surface area contributed by atoms with Gasteiger partial charge in [0.25, 0.3) is 5.91 Å². The van der Waals surface area contributed by atoms with Crippen molar-refractivity contribution >= 4 is 5.91 Å². The molecular formula is C15H23NO2. The Bertz CT molecular complexity index is 401. The van der Waals surface area contributed by atoms with Crippen molar-refractivity contribution in [3.8, 4) is 5.75 Å². The quantitative estimate of drug-likeness (QED) is 0.824. The number of nitrogens with zero attached hydrogens (tertiary/aromatic N) is 1. The molecule has 1 amide bonds. The van der Waals surface area contributed by atoms with E-state index in [4.69, 9.17) is 4.74 Å². The van der Waals surface area contributed by atoms with Crippen molar-refractivity contribution in [1.29, 1.82) is 0 Å². The number of hydrogen-bond donors (Lipinski definition) is 0. The molecule has 18 heavy (non-hydrogen) atoms. The topological polar surface area (TPSA) is 29.5 Å². The van der Waals surface area contributed by atoms with Gasteiger partial charge < -0.3 is 9.64 Å². The number of likely N-dealkylation sites (N-methyl/N-ethyl adjacent to an activating group) is 1. The van der Waals surface area contributed by atoms with Crippen molar-refractivity contribution in [3.63, 3.8) is 0 Å². The maximum atomic E-state index is 11.7. The van der Waals surface area contributed by atoms with Gasteiger partial charge in [0.2, 0.25) is 0 Å². The predicted molar refractivity (Wildman–Crippen MR) is 73.9 cm³/mol. The van der Waals surface area contributed by atoms with Crippen LogP contribution in [0.1, 0.15) is 33.3 Å². The van der Waals surface area contributed by atoms with E-state index in [1.807, 2.05) is 24.3 Å². The van der Waals surface area contributed by atoms with E-state index in [2.05, 4.69) is 20.8 Å². The molecule has 0 aliphatic carbocycles. The minimum atomic E-state index is -0.458. The first-order valence-electron chi connectivity index (χ1n) is 6.20. The highest BCUT2D eigenvalue weighted by Gasteiger charge is 2.17. The zero-order valence-electron chi connectivity index (χ0n) is 12.2. The Labute approximate surface area is 110 Å². The second-order valence-electron chi connectivity index (χ2n) is 5.77. The standard InChI is InChI=1S/C15H23NO2/c1-11(14(17)16(5)6)18-13-9-7-12(8-10-13)15(2,3)4/h7-11H,1-6H3/t11-/m0/s1. The minimum Gasteiger partial charge on any atom is -0.481 e. The fourth-order valence-corrected chi connectivity index (χ4v) is 1.65. The van der Waals surface area contributed by atoms with E-state index in [-0.39, 0.29) is 11.3 Å². The molecule has 1 aromatic carbocycles. The molecule has 0 saturated carbocycles. The van der Waals surface area contributed by atoms with Gasteiger partial charge in [-0.2, -0.15) is 0 Å². The molecule has 1 rings (SSSR count). The summed E-state index contributed by atoms with van der Waals surface area (Å²) < 4.78 is 5.61. The van der Waals surface area contributed by atoms with Crippen LogP contribution in [0.2, 0.25) is 0 Å². The molecule has 0 saturated heterocycles. The molecule has 1 aromatic rings. The van der Waals surface area contributed by atoms with Gasteiger partial charge in [0.05, 0.1) is 0 Å². The van der Waals surface area contributed by atoms with Crippen LogP contribution in [0.4, 0.5) is 0 Å². The van der Waals surface area contributed by atoms with Crippen LogP contribution in [0.25, 0.3) is 0 Å². The summed E-state index contributed by atoms with van der Waals surface area (Å²) in [6.45, 7) is 8.27. The van der Waals surface area contributed by atoms with Gasteiger partial charge in [0.15, 0.2) is 6.10 Å². The summed E-state index contributed by atoms with van der Waals surface area (Å²) in [4.78, 5) is 13.2. The number of rotatable bonds is 3. The number of ether oxygens (including phenoxy) is 1. The molecule has 0 N–H and O–H groups in total. The van der Waals surface area contributed by atoms with Gasteiger partial charge >= 0.3 is 0 Å². The summed E-state index contributed by atoms with van der Waals surface area (Å²) >= 11 is 0. The molecule has 0 bridgehead atoms. The molecule has 0 aliphatic heterocycles. The van der Waals surface area contributed by atoms with E-state index < -0.39 is 6.10 Å². The highest BCUT2D eigenvalue weighted by atomic mass is 16.5. The first-order chi connectivity index (χ1) is 8.21. The van der Waals surface area contributed by atoms with E-state index in [0.717, 1.165) is 5.75 Å². The van der Waals surface area contributed by atoms with Gasteiger partial charge in [-0.3, -0.25) is 4.79 Å². The Hall–Kier alpha value is -1.51. The van der Waals surface area contributed by atoms with Gasteiger partial charge in [-0.25, -0.2) is 0 Å². The van der Waals surface area contributed by atoms with Gasteiger partial charge in [-0.15, -0.1) is 0 Å². The van der Waals surface area contributed by atoms with E-state index in [1.165, 1.54) is 10.5 Å². The molecule has 0 spiro atoms. The van der Waals surface area contributed by atoms with Crippen molar-refractivity contribution in [2.75, 3.05) is 14.1 Å². The lowest BCUT2D eigenvalue weighted by molar-refractivity contribution is -0.135. The molecule has 0 radical (unpaired) electrons. The highest BCUT2D eigenvalue weighted by Crippen LogP contribution is 2.24. The van der Waals surface area contributed by atoms with Gasteiger partial charge in [0, 0.05) is 14.1 Å². The second-order valence-corrected chi connectivity index (χ2v) is 5.77. The summed E-state index contributed by atoms with van der Waals surface area (Å²) in [5.74, 6) is 0.695. The van der Waals surface area contributed by atoms with Crippen molar-refractivity contribution in [3.05, 3.63) is 29.8 Å². The Kier molecular flexibility index (Phi) is 4.38. The van der Waals surface area contributed by atoms with Crippen LogP contribution in [-0.4, -0.2) is 31.0 Å². The molecule has 3 nitrogen and oxygen atoms in total. The summed E-state index contributed by atoms with van der Waals surface area (Å²) in [5, 5.41) is 0. The Balaban J connectivity index is 2.73. The molecule has 0 fully saturated rings. The SMILES string of the molecule is C[C@H](Oc1ccc(C(C)(C)C)cc1)C(=O)N(C)C. The molecule has 0 aromatic heterocycles. The number of benzene rings is 1. The number of amides is 1. The van der Waals surface area contributed by atoms with Gasteiger partial charge in [-0.05, 0) is 30.0 Å². The third-order valence-corrected chi connectivity index (χ3v) is 2.82. The molecular weight excluding hydrogens is 226 g/mol. The van der Waals surface area contributed by atoms with Crippen LogP contribution in [-0.2, 0) is 10.2 Å². The number of hydrogen-bond acceptors (Lipinski definition) is 2. The van der Waals surface area contributed by atoms with Crippen LogP contribution >= 0.6 is 0 Å². The Morgan fingerprint density at radius 2 is 1.67 bits per heavy atom. The maximum Gasteiger partial charge on any atom is 0.262 e. The molecule has 0 unspecified atom stereocenters. The molecule has 1 atom stereocenters. The Morgan fingerprint density at radius 3 is 2.06 bits per heavy atom. The average molecular weight is 249 g/mol. The lowest BCUT2D eigenvalue weighted by Gasteiger charge is -2.21. The molecule has 0 heterocycles. The van der Waals surface area contributed by atoms with Gasteiger partial charge in [0.1, 0.15) is 5.75 Å². The lowest BCUT2D eigenvalue weighted by Crippen LogP contribution is -2.35. The third kappa shape index (κ3) is 3.76. The summed E-state index contributed by atoms with van der Waals surface area (Å²) in [6, 6.07) is 7.92. The minimum absolute atomic E-state index is 0.0325. The second kappa shape index (κ2) is 5.42. The first-order valence-corrected chi connectivity index (χ1v) is 6.20. The molecule has 0 aliphatic rings. The van der Waals surface area contributed by atoms with E-state index >= 15 is 0 Å². The van der Waals surface area contributed by atoms with Crippen LogP contribution in [0, 0.1) is 0 Å². The van der Waals surface area contributed by atoms with Gasteiger partial charge in [-0.1, -0.05) is 32.9 Å². The fraction of sp³-hybridized carbons (Fsp3) is 0.533. The van der Waals surface area contributed by atoms with Crippen LogP contribution in [0.3, 0.4) is 0 Å². The smallest absolute Gasteiger partial charge is 0.262 e. The normalized spacial score (nSPS) is 13.0. The lowest BCUT2D eigenvalue weighted by atomic mass is 9.87. The summed E-state index contributed by atoms with van der Waals surface area (Å²) in [7, 11) is 3.45. The number of carbonyl (C=O) groups excluding carboxylic acids is 1. The maximum absolute atomic E-state index is 11.7. The van der Waals surface area contributed by atoms with E-state index in [1.54, 1.807) is 21.0 Å². The van der Waals surface area contributed by atoms with E-state index in [9.17, 15) is 4.79 Å². The first kappa shape index (κ1) is 14.6. The average Bonchev–Trinajstić information content (AvgIpc) is 2.27. The van der Waals surface area contributed by atoms with Crippen molar-refractivity contribution in [2.45, 2.75) is 39.2 Å². The van der Waals surface area contributed by atoms with Crippen molar-refractivity contribution in [1.82, 2.24) is 4.90 Å². The third-order valence-electron chi connectivity index (χ3n) is 2.82. The summed E-state index contributed by atoms with van der Waals surface area (Å²) in [5.41, 5.74) is 1.38. The largest absolute Gasteiger partial charge is 0.481 e. The Morgan fingerprint density at radius 1 is 1.17 bits per heavy atom. The molecule has 3 heteroatoms. The zero-order valence-corrected chi connectivity index (χ0v) is 12.2. The van der Waals surface area contributed by atoms with E-state index in [0.29, 0.717) is 0 Å². The van der Waals surface area contributed by atoms with Crippen LogP contribution in [0.5, 0.6) is 5.75 Å². The van der Waals surface area contributed by atoms with Crippen LogP contribution in [0.15, 0.2) is 24.3 Å². The summed E-state index contributed by atoms with van der Waals surface area (Å²) in [6.07, 6.45) is -0.458. The van der Waals surface area contributed by atoms with Crippen molar-refractivity contribution < 1.29 is 9.53 Å². The monoisotopic (exact) mass is 249 g/mol. The van der Waals surface area contributed by atoms with Crippen molar-refractivity contribution in [2.24, 2.45) is 0 Å². The van der Waals surface area contributed by atoms with Crippen LogP contribution < -0.4 is 4.74 Å². The molecule has 100 valence electrons. The fourth-order valence-electron chi connectivity index (χ4n) is 1.65. The zero-order chi connectivity index (χ0) is 13.9. The highest BCUT2D eigenvalue weighted by molar-refractivity contribution is 5.80. The number of carbonyl (C=O) groups is 1.